The molecule has 0 atom stereocenters. The highest BCUT2D eigenvalue weighted by atomic mass is 16.2. The van der Waals surface area contributed by atoms with E-state index in [1.165, 1.54) is 5.56 Å². The maximum absolute atomic E-state index is 12.7. The number of aromatic nitrogens is 2. The predicted octanol–water partition coefficient (Wildman–Crippen LogP) is 1.50. The van der Waals surface area contributed by atoms with Crippen LogP contribution in [0.5, 0.6) is 0 Å². The van der Waals surface area contributed by atoms with Crippen LogP contribution in [-0.2, 0) is 11.2 Å². The van der Waals surface area contributed by atoms with E-state index in [1.807, 2.05) is 30.0 Å². The molecular weight excluding hydrogens is 314 g/mol. The molecule has 0 aliphatic carbocycles. The van der Waals surface area contributed by atoms with Crippen molar-refractivity contribution in [2.75, 3.05) is 49.1 Å². The molecule has 1 aromatic carbocycles. The summed E-state index contributed by atoms with van der Waals surface area (Å²) < 4.78 is 0. The average Bonchev–Trinajstić information content (AvgIpc) is 3.06. The van der Waals surface area contributed by atoms with Crippen LogP contribution in [0.3, 0.4) is 0 Å². The molecule has 0 radical (unpaired) electrons. The van der Waals surface area contributed by atoms with Gasteiger partial charge in [0.2, 0.25) is 5.91 Å². The molecule has 6 heteroatoms. The van der Waals surface area contributed by atoms with Crippen molar-refractivity contribution in [2.24, 2.45) is 0 Å². The lowest BCUT2D eigenvalue weighted by Crippen LogP contribution is -2.50. The van der Waals surface area contributed by atoms with Crippen molar-refractivity contribution in [3.63, 3.8) is 0 Å². The normalized spacial score (nSPS) is 17.6. The van der Waals surface area contributed by atoms with Gasteiger partial charge in [-0.3, -0.25) is 9.69 Å². The summed E-state index contributed by atoms with van der Waals surface area (Å²) in [5.74, 6) is 1.98. The van der Waals surface area contributed by atoms with E-state index in [-0.39, 0.29) is 5.91 Å². The van der Waals surface area contributed by atoms with Gasteiger partial charge < -0.3 is 9.80 Å². The van der Waals surface area contributed by atoms with Gasteiger partial charge in [-0.05, 0) is 31.0 Å². The first-order valence-electron chi connectivity index (χ1n) is 8.86. The van der Waals surface area contributed by atoms with E-state index >= 15 is 0 Å². The zero-order valence-corrected chi connectivity index (χ0v) is 14.6. The number of aryl methyl sites for hydroxylation is 1. The number of anilines is 2. The standard InChI is InChI=1S/C19H23N5O/c1-15-20-8-6-18(21-15)23-12-10-22(11-13-23)14-19(25)24-9-7-16-4-2-3-5-17(16)24/h2-6,8H,7,9-14H2,1H3. The summed E-state index contributed by atoms with van der Waals surface area (Å²) in [6, 6.07) is 10.2. The Kier molecular flexibility index (Phi) is 4.36. The van der Waals surface area contributed by atoms with Crippen LogP contribution < -0.4 is 9.80 Å². The molecule has 0 unspecified atom stereocenters. The number of carbonyl (C=O) groups is 1. The van der Waals surface area contributed by atoms with Crippen molar-refractivity contribution in [2.45, 2.75) is 13.3 Å². The molecule has 0 spiro atoms. The maximum Gasteiger partial charge on any atom is 0.241 e. The summed E-state index contributed by atoms with van der Waals surface area (Å²) in [7, 11) is 0. The predicted molar refractivity (Wildman–Crippen MR) is 97.9 cm³/mol. The van der Waals surface area contributed by atoms with E-state index < -0.39 is 0 Å². The minimum Gasteiger partial charge on any atom is -0.354 e. The molecule has 1 saturated heterocycles. The Balaban J connectivity index is 1.34. The van der Waals surface area contributed by atoms with E-state index in [1.54, 1.807) is 6.20 Å². The monoisotopic (exact) mass is 337 g/mol. The number of para-hydroxylation sites is 1. The largest absolute Gasteiger partial charge is 0.354 e. The molecule has 2 aromatic rings. The molecular formula is C19H23N5O. The minimum absolute atomic E-state index is 0.205. The van der Waals surface area contributed by atoms with E-state index in [0.29, 0.717) is 6.54 Å². The number of amides is 1. The number of piperazine rings is 1. The lowest BCUT2D eigenvalue weighted by atomic mass is 10.2. The van der Waals surface area contributed by atoms with Crippen molar-refractivity contribution in [1.29, 1.82) is 0 Å². The fourth-order valence-electron chi connectivity index (χ4n) is 3.63. The van der Waals surface area contributed by atoms with Crippen LogP contribution >= 0.6 is 0 Å². The van der Waals surface area contributed by atoms with Gasteiger partial charge in [0, 0.05) is 44.6 Å². The van der Waals surface area contributed by atoms with Crippen LogP contribution in [0.25, 0.3) is 0 Å². The zero-order valence-electron chi connectivity index (χ0n) is 14.6. The highest BCUT2D eigenvalue weighted by Gasteiger charge is 2.27. The molecule has 25 heavy (non-hydrogen) atoms. The molecule has 4 rings (SSSR count). The van der Waals surface area contributed by atoms with Crippen molar-refractivity contribution < 1.29 is 4.79 Å². The molecule has 0 saturated carbocycles. The molecule has 2 aliphatic rings. The minimum atomic E-state index is 0.205. The van der Waals surface area contributed by atoms with Gasteiger partial charge >= 0.3 is 0 Å². The molecule has 130 valence electrons. The molecule has 1 fully saturated rings. The fourth-order valence-corrected chi connectivity index (χ4v) is 3.63. The maximum atomic E-state index is 12.7. The number of hydrogen-bond acceptors (Lipinski definition) is 5. The second kappa shape index (κ2) is 6.80. The van der Waals surface area contributed by atoms with Gasteiger partial charge in [0.25, 0.3) is 0 Å². The van der Waals surface area contributed by atoms with E-state index in [2.05, 4.69) is 31.9 Å². The van der Waals surface area contributed by atoms with Gasteiger partial charge in [-0.1, -0.05) is 18.2 Å². The number of nitrogens with zero attached hydrogens (tertiary/aromatic N) is 5. The van der Waals surface area contributed by atoms with Crippen LogP contribution in [0.15, 0.2) is 36.5 Å². The summed E-state index contributed by atoms with van der Waals surface area (Å²) in [5, 5.41) is 0. The summed E-state index contributed by atoms with van der Waals surface area (Å²) in [6.07, 6.45) is 2.77. The van der Waals surface area contributed by atoms with Crippen LogP contribution in [0.4, 0.5) is 11.5 Å². The molecule has 6 nitrogen and oxygen atoms in total. The second-order valence-electron chi connectivity index (χ2n) is 6.65. The fraction of sp³-hybridized carbons (Fsp3) is 0.421. The number of rotatable bonds is 3. The number of fused-ring (bicyclic) bond motifs is 1. The summed E-state index contributed by atoms with van der Waals surface area (Å²) >= 11 is 0. The average molecular weight is 337 g/mol. The quantitative estimate of drug-likeness (QED) is 0.849. The van der Waals surface area contributed by atoms with Gasteiger partial charge in [-0.15, -0.1) is 0 Å². The Hall–Kier alpha value is -2.47. The third-order valence-electron chi connectivity index (χ3n) is 5.00. The van der Waals surface area contributed by atoms with Crippen molar-refractivity contribution in [3.05, 3.63) is 47.9 Å². The van der Waals surface area contributed by atoms with Crippen LogP contribution in [-0.4, -0.2) is 60.0 Å². The first-order chi connectivity index (χ1) is 12.2. The zero-order chi connectivity index (χ0) is 17.2. The van der Waals surface area contributed by atoms with Crippen molar-refractivity contribution >= 4 is 17.4 Å². The van der Waals surface area contributed by atoms with Gasteiger partial charge in [0.15, 0.2) is 0 Å². The Morgan fingerprint density at radius 2 is 1.88 bits per heavy atom. The van der Waals surface area contributed by atoms with E-state index in [9.17, 15) is 4.79 Å². The van der Waals surface area contributed by atoms with Crippen LogP contribution in [0.1, 0.15) is 11.4 Å². The SMILES string of the molecule is Cc1nccc(N2CCN(CC(=O)N3CCc4ccccc43)CC2)n1. The van der Waals surface area contributed by atoms with Crippen LogP contribution in [0, 0.1) is 6.92 Å². The van der Waals surface area contributed by atoms with Crippen LogP contribution in [0.2, 0.25) is 0 Å². The van der Waals surface area contributed by atoms with E-state index in [4.69, 9.17) is 0 Å². The lowest BCUT2D eigenvalue weighted by molar-refractivity contribution is -0.119. The Bertz CT molecular complexity index is 770. The Morgan fingerprint density at radius 3 is 2.68 bits per heavy atom. The van der Waals surface area contributed by atoms with E-state index in [0.717, 1.165) is 56.5 Å². The number of carbonyl (C=O) groups excluding carboxylic acids is 1. The summed E-state index contributed by atoms with van der Waals surface area (Å²) in [5.41, 5.74) is 2.36. The molecule has 1 amide bonds. The topological polar surface area (TPSA) is 52.6 Å². The number of hydrogen-bond donors (Lipinski definition) is 0. The molecule has 1 aromatic heterocycles. The first-order valence-corrected chi connectivity index (χ1v) is 8.86. The smallest absolute Gasteiger partial charge is 0.241 e. The third kappa shape index (κ3) is 3.35. The van der Waals surface area contributed by atoms with Gasteiger partial charge in [-0.2, -0.15) is 0 Å². The highest BCUT2D eigenvalue weighted by molar-refractivity contribution is 5.96. The molecule has 0 bridgehead atoms. The van der Waals surface area contributed by atoms with Crippen molar-refractivity contribution in [3.8, 4) is 0 Å². The molecule has 3 heterocycles. The highest BCUT2D eigenvalue weighted by Crippen LogP contribution is 2.27. The third-order valence-corrected chi connectivity index (χ3v) is 5.00. The Labute approximate surface area is 148 Å². The molecule has 0 N–H and O–H groups in total. The van der Waals surface area contributed by atoms with Crippen molar-refractivity contribution in [1.82, 2.24) is 14.9 Å². The van der Waals surface area contributed by atoms with Gasteiger partial charge in [-0.25, -0.2) is 9.97 Å². The summed E-state index contributed by atoms with van der Waals surface area (Å²) in [4.78, 5) is 27.8. The second-order valence-corrected chi connectivity index (χ2v) is 6.65. The number of benzene rings is 1. The summed E-state index contributed by atoms with van der Waals surface area (Å²) in [6.45, 7) is 6.74. The molecule has 2 aliphatic heterocycles. The first kappa shape index (κ1) is 16.0. The van der Waals surface area contributed by atoms with Gasteiger partial charge in [0.1, 0.15) is 11.6 Å². The lowest BCUT2D eigenvalue weighted by Gasteiger charge is -2.35. The van der Waals surface area contributed by atoms with Gasteiger partial charge in [0.05, 0.1) is 6.54 Å². The Morgan fingerprint density at radius 1 is 1.08 bits per heavy atom.